The number of hydrogen-bond acceptors (Lipinski definition) is 5. The Morgan fingerprint density at radius 2 is 1.76 bits per heavy atom. The van der Waals surface area contributed by atoms with Crippen LogP contribution < -0.4 is 19.6 Å². The van der Waals surface area contributed by atoms with E-state index in [-0.39, 0.29) is 6.61 Å². The first-order valence-corrected chi connectivity index (χ1v) is 7.85. The van der Waals surface area contributed by atoms with Gasteiger partial charge in [0.1, 0.15) is 5.75 Å². The fourth-order valence-corrected chi connectivity index (χ4v) is 2.26. The van der Waals surface area contributed by atoms with Crippen molar-refractivity contribution in [3.8, 4) is 17.2 Å². The van der Waals surface area contributed by atoms with Gasteiger partial charge >= 0.3 is 0 Å². The third-order valence-electron chi connectivity index (χ3n) is 3.33. The van der Waals surface area contributed by atoms with Crippen molar-refractivity contribution in [3.63, 3.8) is 0 Å². The van der Waals surface area contributed by atoms with Gasteiger partial charge in [-0.2, -0.15) is 5.10 Å². The van der Waals surface area contributed by atoms with E-state index in [9.17, 15) is 4.79 Å². The van der Waals surface area contributed by atoms with E-state index in [1.54, 1.807) is 50.4 Å². The Balaban J connectivity index is 1.99. The minimum Gasteiger partial charge on any atom is -0.496 e. The number of halogens is 1. The van der Waals surface area contributed by atoms with Crippen molar-refractivity contribution < 1.29 is 19.0 Å². The lowest BCUT2D eigenvalue weighted by molar-refractivity contribution is -0.123. The first-order chi connectivity index (χ1) is 12.0. The molecule has 132 valence electrons. The molecule has 2 rings (SSSR count). The summed E-state index contributed by atoms with van der Waals surface area (Å²) in [5.41, 5.74) is 3.70. The summed E-state index contributed by atoms with van der Waals surface area (Å²) in [6, 6.07) is 12.3. The molecule has 6 nitrogen and oxygen atoms in total. The van der Waals surface area contributed by atoms with Crippen LogP contribution in [0.2, 0.25) is 5.02 Å². The summed E-state index contributed by atoms with van der Waals surface area (Å²) in [5, 5.41) is 4.62. The number of methoxy groups -OCH3 is 2. The van der Waals surface area contributed by atoms with Crippen LogP contribution in [0.15, 0.2) is 47.6 Å². The van der Waals surface area contributed by atoms with E-state index >= 15 is 0 Å². The molecule has 0 heterocycles. The molecule has 0 radical (unpaired) electrons. The van der Waals surface area contributed by atoms with E-state index < -0.39 is 5.91 Å². The second-order valence-electron chi connectivity index (χ2n) is 5.02. The molecule has 0 unspecified atom stereocenters. The van der Waals surface area contributed by atoms with Crippen molar-refractivity contribution in [2.75, 3.05) is 20.8 Å². The van der Waals surface area contributed by atoms with Gasteiger partial charge in [-0.15, -0.1) is 0 Å². The Morgan fingerprint density at radius 3 is 2.44 bits per heavy atom. The monoisotopic (exact) mass is 362 g/mol. The van der Waals surface area contributed by atoms with Crippen LogP contribution in [0.25, 0.3) is 0 Å². The normalized spacial score (nSPS) is 11.0. The maximum absolute atomic E-state index is 11.9. The van der Waals surface area contributed by atoms with Gasteiger partial charge in [0, 0.05) is 10.6 Å². The first-order valence-electron chi connectivity index (χ1n) is 7.48. The average Bonchev–Trinajstić information content (AvgIpc) is 2.64. The standard InChI is InChI=1S/C18H19ClN2O4/c1-12(14-10-13(19)8-9-15(14)23-2)20-21-18(22)11-25-17-7-5-4-6-16(17)24-3/h4-10H,11H2,1-3H3,(H,21,22)/b20-12-. The Morgan fingerprint density at radius 1 is 1.08 bits per heavy atom. The molecule has 1 N–H and O–H groups in total. The molecular formula is C18H19ClN2O4. The largest absolute Gasteiger partial charge is 0.496 e. The van der Waals surface area contributed by atoms with E-state index in [0.717, 1.165) is 0 Å². The quantitative estimate of drug-likeness (QED) is 0.606. The highest BCUT2D eigenvalue weighted by atomic mass is 35.5. The maximum Gasteiger partial charge on any atom is 0.277 e. The lowest BCUT2D eigenvalue weighted by Crippen LogP contribution is -2.25. The predicted molar refractivity (Wildman–Crippen MR) is 96.8 cm³/mol. The van der Waals surface area contributed by atoms with E-state index in [4.69, 9.17) is 25.8 Å². The number of nitrogens with zero attached hydrogens (tertiary/aromatic N) is 1. The molecule has 0 aliphatic carbocycles. The zero-order valence-corrected chi connectivity index (χ0v) is 15.0. The van der Waals surface area contributed by atoms with Crippen LogP contribution >= 0.6 is 11.6 Å². The van der Waals surface area contributed by atoms with E-state index in [1.165, 1.54) is 7.11 Å². The summed E-state index contributed by atoms with van der Waals surface area (Å²) in [6.45, 7) is 1.55. The Bertz CT molecular complexity index is 777. The van der Waals surface area contributed by atoms with Gasteiger partial charge in [-0.05, 0) is 37.3 Å². The van der Waals surface area contributed by atoms with Gasteiger partial charge in [0.05, 0.1) is 19.9 Å². The minimum atomic E-state index is -0.397. The van der Waals surface area contributed by atoms with Gasteiger partial charge in [0.25, 0.3) is 5.91 Å². The molecule has 0 fully saturated rings. The summed E-state index contributed by atoms with van der Waals surface area (Å²) in [6.07, 6.45) is 0. The highest BCUT2D eigenvalue weighted by molar-refractivity contribution is 6.31. The molecule has 0 bridgehead atoms. The number of para-hydroxylation sites is 2. The zero-order valence-electron chi connectivity index (χ0n) is 14.2. The summed E-state index contributed by atoms with van der Waals surface area (Å²) in [7, 11) is 3.09. The van der Waals surface area contributed by atoms with Crippen LogP contribution in [-0.4, -0.2) is 32.4 Å². The van der Waals surface area contributed by atoms with E-state index in [1.807, 2.05) is 6.07 Å². The summed E-state index contributed by atoms with van der Waals surface area (Å²) < 4.78 is 15.9. The molecule has 1 amide bonds. The number of carbonyl (C=O) groups excluding carboxylic acids is 1. The lowest BCUT2D eigenvalue weighted by Gasteiger charge is -2.10. The molecule has 0 saturated heterocycles. The molecule has 25 heavy (non-hydrogen) atoms. The molecular weight excluding hydrogens is 344 g/mol. The van der Waals surface area contributed by atoms with E-state index in [0.29, 0.717) is 33.5 Å². The van der Waals surface area contributed by atoms with Gasteiger partial charge < -0.3 is 14.2 Å². The van der Waals surface area contributed by atoms with Gasteiger partial charge in [-0.3, -0.25) is 4.79 Å². The Labute approximate surface area is 151 Å². The van der Waals surface area contributed by atoms with Crippen LogP contribution in [0.3, 0.4) is 0 Å². The van der Waals surface area contributed by atoms with Crippen LogP contribution in [0.4, 0.5) is 0 Å². The summed E-state index contributed by atoms with van der Waals surface area (Å²) >= 11 is 6.00. The molecule has 7 heteroatoms. The highest BCUT2D eigenvalue weighted by Gasteiger charge is 2.09. The Kier molecular flexibility index (Phi) is 6.65. The van der Waals surface area contributed by atoms with Gasteiger partial charge in [-0.1, -0.05) is 23.7 Å². The number of rotatable bonds is 7. The van der Waals surface area contributed by atoms with Crippen LogP contribution in [0.5, 0.6) is 17.2 Å². The summed E-state index contributed by atoms with van der Waals surface area (Å²) in [5.74, 6) is 1.26. The number of benzene rings is 2. The fourth-order valence-electron chi connectivity index (χ4n) is 2.08. The third-order valence-corrected chi connectivity index (χ3v) is 3.56. The van der Waals surface area contributed by atoms with Crippen molar-refractivity contribution in [2.24, 2.45) is 5.10 Å². The molecule has 0 aromatic heterocycles. The SMILES string of the molecule is COc1ccccc1OCC(=O)N/N=C(/C)c1cc(Cl)ccc1OC. The van der Waals surface area contributed by atoms with Crippen molar-refractivity contribution in [1.82, 2.24) is 5.43 Å². The fraction of sp³-hybridized carbons (Fsp3) is 0.222. The smallest absolute Gasteiger partial charge is 0.277 e. The molecule has 0 spiro atoms. The molecule has 2 aromatic rings. The second-order valence-corrected chi connectivity index (χ2v) is 5.45. The number of nitrogens with one attached hydrogen (secondary N) is 1. The van der Waals surface area contributed by atoms with Crippen molar-refractivity contribution >= 4 is 23.2 Å². The van der Waals surface area contributed by atoms with Crippen molar-refractivity contribution in [1.29, 1.82) is 0 Å². The molecule has 2 aromatic carbocycles. The number of amides is 1. The topological polar surface area (TPSA) is 69.2 Å². The highest BCUT2D eigenvalue weighted by Crippen LogP contribution is 2.25. The van der Waals surface area contributed by atoms with Gasteiger partial charge in [-0.25, -0.2) is 5.43 Å². The maximum atomic E-state index is 11.9. The van der Waals surface area contributed by atoms with Gasteiger partial charge in [0.15, 0.2) is 18.1 Å². The van der Waals surface area contributed by atoms with E-state index in [2.05, 4.69) is 10.5 Å². The third kappa shape index (κ3) is 5.12. The number of hydrazone groups is 1. The zero-order chi connectivity index (χ0) is 18.2. The lowest BCUT2D eigenvalue weighted by atomic mass is 10.1. The van der Waals surface area contributed by atoms with Crippen molar-refractivity contribution in [3.05, 3.63) is 53.1 Å². The Hall–Kier alpha value is -2.73. The first kappa shape index (κ1) is 18.6. The van der Waals surface area contributed by atoms with Gasteiger partial charge in [0.2, 0.25) is 0 Å². The second kappa shape index (κ2) is 8.94. The molecule has 0 atom stereocenters. The van der Waals surface area contributed by atoms with Crippen LogP contribution in [0.1, 0.15) is 12.5 Å². The number of carbonyl (C=O) groups is 1. The molecule has 0 aliphatic rings. The van der Waals surface area contributed by atoms with Crippen LogP contribution in [0, 0.1) is 0 Å². The number of ether oxygens (including phenoxy) is 3. The average molecular weight is 363 g/mol. The number of hydrogen-bond donors (Lipinski definition) is 1. The molecule has 0 aliphatic heterocycles. The predicted octanol–water partition coefficient (Wildman–Crippen LogP) is 3.28. The minimum absolute atomic E-state index is 0.191. The van der Waals surface area contributed by atoms with Crippen molar-refractivity contribution in [2.45, 2.75) is 6.92 Å². The molecule has 0 saturated carbocycles. The van der Waals surface area contributed by atoms with Crippen LogP contribution in [-0.2, 0) is 4.79 Å². The summed E-state index contributed by atoms with van der Waals surface area (Å²) in [4.78, 5) is 11.9.